The summed E-state index contributed by atoms with van der Waals surface area (Å²) in [6, 6.07) is 11.4. The standard InChI is InChI=1S/C21H15N3O5S/c1-27-14-8-7-11(9-15(14)28-2)17-16-18(25)12-5-3-4-6-13(12)29-19(16)20(26)24(17)21-23-22-10-30-21/h3-10,17H,1-2H3/t17-/m0/s1. The first-order valence-electron chi connectivity index (χ1n) is 9.01. The summed E-state index contributed by atoms with van der Waals surface area (Å²) in [6.45, 7) is 0. The highest BCUT2D eigenvalue weighted by molar-refractivity contribution is 7.13. The fourth-order valence-electron chi connectivity index (χ4n) is 3.73. The number of para-hydroxylation sites is 1. The number of benzene rings is 2. The highest BCUT2D eigenvalue weighted by Crippen LogP contribution is 2.43. The summed E-state index contributed by atoms with van der Waals surface area (Å²) in [6.07, 6.45) is 0. The molecule has 4 aromatic rings. The molecule has 2 aromatic carbocycles. The third kappa shape index (κ3) is 2.59. The van der Waals surface area contributed by atoms with Crippen LogP contribution in [0, 0.1) is 0 Å². The number of hydrogen-bond acceptors (Lipinski definition) is 8. The molecular weight excluding hydrogens is 406 g/mol. The molecule has 0 saturated carbocycles. The average molecular weight is 421 g/mol. The van der Waals surface area contributed by atoms with Gasteiger partial charge in [0.1, 0.15) is 11.1 Å². The number of carbonyl (C=O) groups excluding carboxylic acids is 1. The lowest BCUT2D eigenvalue weighted by Crippen LogP contribution is -2.29. The Kier molecular flexibility index (Phi) is 4.25. The zero-order chi connectivity index (χ0) is 20.8. The molecular formula is C21H15N3O5S. The first kappa shape index (κ1) is 18.3. The lowest BCUT2D eigenvalue weighted by molar-refractivity contribution is 0.0970. The van der Waals surface area contributed by atoms with Crippen molar-refractivity contribution >= 4 is 33.3 Å². The molecule has 5 rings (SSSR count). The number of aromatic nitrogens is 2. The van der Waals surface area contributed by atoms with Gasteiger partial charge in [0.05, 0.1) is 31.2 Å². The van der Waals surface area contributed by atoms with Gasteiger partial charge < -0.3 is 13.9 Å². The Morgan fingerprint density at radius 2 is 1.87 bits per heavy atom. The predicted octanol–water partition coefficient (Wildman–Crippen LogP) is 3.41. The molecule has 0 spiro atoms. The summed E-state index contributed by atoms with van der Waals surface area (Å²) in [7, 11) is 3.07. The molecule has 0 aliphatic carbocycles. The number of anilines is 1. The van der Waals surface area contributed by atoms with Crippen LogP contribution < -0.4 is 19.8 Å². The van der Waals surface area contributed by atoms with Crippen molar-refractivity contribution in [3.8, 4) is 11.5 Å². The summed E-state index contributed by atoms with van der Waals surface area (Å²) in [4.78, 5) is 28.2. The fraction of sp³-hybridized carbons (Fsp3) is 0.143. The zero-order valence-corrected chi connectivity index (χ0v) is 16.8. The lowest BCUT2D eigenvalue weighted by atomic mass is 9.98. The first-order valence-corrected chi connectivity index (χ1v) is 9.89. The van der Waals surface area contributed by atoms with Gasteiger partial charge in [0.2, 0.25) is 10.9 Å². The van der Waals surface area contributed by atoms with Gasteiger partial charge in [0.25, 0.3) is 5.91 Å². The first-order chi connectivity index (χ1) is 14.6. The molecule has 0 bridgehead atoms. The Morgan fingerprint density at radius 3 is 2.60 bits per heavy atom. The van der Waals surface area contributed by atoms with Gasteiger partial charge in [-0.05, 0) is 29.8 Å². The topological polar surface area (TPSA) is 94.8 Å². The van der Waals surface area contributed by atoms with Gasteiger partial charge in [-0.3, -0.25) is 14.5 Å². The van der Waals surface area contributed by atoms with Crippen LogP contribution >= 0.6 is 11.3 Å². The second kappa shape index (κ2) is 6.96. The Morgan fingerprint density at radius 1 is 1.07 bits per heavy atom. The van der Waals surface area contributed by atoms with Crippen LogP contribution in [0.15, 0.2) is 57.2 Å². The van der Waals surface area contributed by atoms with Crippen molar-refractivity contribution in [2.45, 2.75) is 6.04 Å². The second-order valence-electron chi connectivity index (χ2n) is 6.58. The average Bonchev–Trinajstić information content (AvgIpc) is 3.40. The Labute approximate surface area is 174 Å². The third-order valence-electron chi connectivity index (χ3n) is 5.06. The van der Waals surface area contributed by atoms with E-state index in [9.17, 15) is 9.59 Å². The molecule has 0 saturated heterocycles. The van der Waals surface area contributed by atoms with Crippen molar-refractivity contribution in [3.63, 3.8) is 0 Å². The summed E-state index contributed by atoms with van der Waals surface area (Å²) < 4.78 is 16.6. The number of methoxy groups -OCH3 is 2. The molecule has 9 heteroatoms. The number of amides is 1. The van der Waals surface area contributed by atoms with Gasteiger partial charge >= 0.3 is 0 Å². The van der Waals surface area contributed by atoms with Crippen molar-refractivity contribution in [3.05, 3.63) is 75.1 Å². The van der Waals surface area contributed by atoms with Crippen LogP contribution in [0.1, 0.15) is 27.7 Å². The molecule has 1 atom stereocenters. The summed E-state index contributed by atoms with van der Waals surface area (Å²) in [5.74, 6) is 0.593. The number of nitrogens with zero attached hydrogens (tertiary/aromatic N) is 3. The minimum atomic E-state index is -0.735. The summed E-state index contributed by atoms with van der Waals surface area (Å²) in [5.41, 5.74) is 2.56. The van der Waals surface area contributed by atoms with Crippen LogP contribution in [-0.2, 0) is 0 Å². The second-order valence-corrected chi connectivity index (χ2v) is 7.40. The van der Waals surface area contributed by atoms with Crippen LogP contribution in [0.2, 0.25) is 0 Å². The summed E-state index contributed by atoms with van der Waals surface area (Å²) >= 11 is 1.20. The molecule has 3 heterocycles. The molecule has 1 amide bonds. The minimum absolute atomic E-state index is 0.00804. The van der Waals surface area contributed by atoms with Crippen molar-refractivity contribution in [2.24, 2.45) is 0 Å². The summed E-state index contributed by atoms with van der Waals surface area (Å²) in [5, 5.41) is 8.69. The SMILES string of the molecule is COc1ccc([C@H]2c3c(oc4ccccc4c3=O)C(=O)N2c2nncs2)cc1OC. The maximum absolute atomic E-state index is 13.4. The van der Waals surface area contributed by atoms with Gasteiger partial charge in [0, 0.05) is 0 Å². The van der Waals surface area contributed by atoms with E-state index in [1.807, 2.05) is 0 Å². The zero-order valence-electron chi connectivity index (χ0n) is 16.0. The van der Waals surface area contributed by atoms with Gasteiger partial charge in [-0.1, -0.05) is 29.5 Å². The third-order valence-corrected chi connectivity index (χ3v) is 5.74. The maximum Gasteiger partial charge on any atom is 0.297 e. The molecule has 2 aromatic heterocycles. The maximum atomic E-state index is 13.4. The van der Waals surface area contributed by atoms with E-state index in [0.717, 1.165) is 0 Å². The predicted molar refractivity (Wildman–Crippen MR) is 111 cm³/mol. The van der Waals surface area contributed by atoms with Gasteiger partial charge in [-0.15, -0.1) is 10.2 Å². The molecule has 1 aliphatic rings. The molecule has 30 heavy (non-hydrogen) atoms. The number of ether oxygens (including phenoxy) is 2. The quantitative estimate of drug-likeness (QED) is 0.498. The highest BCUT2D eigenvalue weighted by Gasteiger charge is 2.45. The molecule has 8 nitrogen and oxygen atoms in total. The van der Waals surface area contributed by atoms with Gasteiger partial charge in [0.15, 0.2) is 16.9 Å². The highest BCUT2D eigenvalue weighted by atomic mass is 32.1. The Balaban J connectivity index is 1.81. The van der Waals surface area contributed by atoms with Crippen molar-refractivity contribution in [1.29, 1.82) is 0 Å². The van der Waals surface area contributed by atoms with Crippen LogP contribution in [0.5, 0.6) is 11.5 Å². The van der Waals surface area contributed by atoms with E-state index in [1.165, 1.54) is 28.9 Å². The normalized spacial score (nSPS) is 15.5. The van der Waals surface area contributed by atoms with Crippen molar-refractivity contribution in [1.82, 2.24) is 10.2 Å². The molecule has 0 N–H and O–H groups in total. The van der Waals surface area contributed by atoms with E-state index in [-0.39, 0.29) is 16.8 Å². The van der Waals surface area contributed by atoms with Crippen LogP contribution in [0.4, 0.5) is 5.13 Å². The smallest absolute Gasteiger partial charge is 0.297 e. The Hall–Kier alpha value is -3.72. The van der Waals surface area contributed by atoms with E-state index < -0.39 is 11.9 Å². The van der Waals surface area contributed by atoms with Crippen LogP contribution in [-0.4, -0.2) is 30.3 Å². The van der Waals surface area contributed by atoms with E-state index in [1.54, 1.807) is 49.6 Å². The van der Waals surface area contributed by atoms with Crippen LogP contribution in [0.3, 0.4) is 0 Å². The number of hydrogen-bond donors (Lipinski definition) is 0. The van der Waals surface area contributed by atoms with Gasteiger partial charge in [-0.25, -0.2) is 0 Å². The van der Waals surface area contributed by atoms with E-state index in [0.29, 0.717) is 33.2 Å². The van der Waals surface area contributed by atoms with Crippen molar-refractivity contribution < 1.29 is 18.7 Å². The monoisotopic (exact) mass is 421 g/mol. The van der Waals surface area contributed by atoms with E-state index in [4.69, 9.17) is 13.9 Å². The Bertz CT molecular complexity index is 1330. The minimum Gasteiger partial charge on any atom is -0.493 e. The lowest BCUT2D eigenvalue weighted by Gasteiger charge is -2.22. The number of fused-ring (bicyclic) bond motifs is 2. The van der Waals surface area contributed by atoms with Gasteiger partial charge in [-0.2, -0.15) is 0 Å². The van der Waals surface area contributed by atoms with E-state index >= 15 is 0 Å². The van der Waals surface area contributed by atoms with Crippen LogP contribution in [0.25, 0.3) is 11.0 Å². The molecule has 0 fully saturated rings. The molecule has 0 unspecified atom stereocenters. The number of carbonyl (C=O) groups is 1. The molecule has 0 radical (unpaired) electrons. The molecule has 150 valence electrons. The largest absolute Gasteiger partial charge is 0.493 e. The fourth-order valence-corrected chi connectivity index (χ4v) is 4.31. The molecule has 1 aliphatic heterocycles. The van der Waals surface area contributed by atoms with Crippen molar-refractivity contribution in [2.75, 3.05) is 19.1 Å². The van der Waals surface area contributed by atoms with E-state index in [2.05, 4.69) is 10.2 Å². The number of rotatable bonds is 4.